The molecule has 4 atom stereocenters. The summed E-state index contributed by atoms with van der Waals surface area (Å²) in [4.78, 5) is 60.0. The van der Waals surface area contributed by atoms with Gasteiger partial charge < -0.3 is 37.0 Å². The number of amides is 3. The fraction of sp³-hybridized carbons (Fsp3) is 0.500. The molecule has 1 aromatic carbocycles. The van der Waals surface area contributed by atoms with E-state index in [0.29, 0.717) is 11.3 Å². The number of phenols is 1. The van der Waals surface area contributed by atoms with Crippen LogP contribution in [0.5, 0.6) is 5.75 Å². The van der Waals surface area contributed by atoms with E-state index in [1.165, 1.54) is 30.8 Å². The number of carbonyl (C=O) groups is 5. The summed E-state index contributed by atoms with van der Waals surface area (Å²) in [5, 5.41) is 34.8. The minimum absolute atomic E-state index is 0.00855. The number of benzene rings is 1. The lowest BCUT2D eigenvalue weighted by Crippen LogP contribution is -2.57. The fourth-order valence-corrected chi connectivity index (χ4v) is 3.41. The average Bonchev–Trinajstić information content (AvgIpc) is 2.80. The lowest BCUT2D eigenvalue weighted by molar-refractivity contribution is -0.142. The van der Waals surface area contributed by atoms with Crippen LogP contribution in [0.1, 0.15) is 31.7 Å². The van der Waals surface area contributed by atoms with Gasteiger partial charge in [-0.15, -0.1) is 0 Å². The Kier molecular flexibility index (Phi) is 12.6. The van der Waals surface area contributed by atoms with Crippen molar-refractivity contribution >= 4 is 41.4 Å². The van der Waals surface area contributed by atoms with Crippen LogP contribution in [0.4, 0.5) is 0 Å². The van der Waals surface area contributed by atoms with E-state index in [9.17, 15) is 34.2 Å². The van der Waals surface area contributed by atoms with Crippen LogP contribution in [0.15, 0.2) is 24.3 Å². The Labute approximate surface area is 207 Å². The Hall–Kier alpha value is -3.32. The van der Waals surface area contributed by atoms with Crippen LogP contribution in [-0.4, -0.2) is 81.2 Å². The molecule has 0 aliphatic rings. The molecule has 0 radical (unpaired) electrons. The molecular formula is C22H32N4O8S. The number of carboxylic acids is 2. The Morgan fingerprint density at radius 2 is 1.51 bits per heavy atom. The van der Waals surface area contributed by atoms with Gasteiger partial charge in [-0.3, -0.25) is 19.2 Å². The third-order valence-electron chi connectivity index (χ3n) is 4.99. The minimum Gasteiger partial charge on any atom is -0.508 e. The minimum atomic E-state index is -1.20. The first-order valence-corrected chi connectivity index (χ1v) is 12.2. The van der Waals surface area contributed by atoms with Gasteiger partial charge in [-0.25, -0.2) is 4.79 Å². The van der Waals surface area contributed by atoms with Crippen molar-refractivity contribution in [1.82, 2.24) is 16.0 Å². The smallest absolute Gasteiger partial charge is 0.326 e. The van der Waals surface area contributed by atoms with Crippen LogP contribution < -0.4 is 21.7 Å². The van der Waals surface area contributed by atoms with Gasteiger partial charge in [0, 0.05) is 12.8 Å². The fourth-order valence-electron chi connectivity index (χ4n) is 2.94. The molecular weight excluding hydrogens is 480 g/mol. The van der Waals surface area contributed by atoms with E-state index < -0.39 is 53.8 Å². The Morgan fingerprint density at radius 3 is 2.06 bits per heavy atom. The van der Waals surface area contributed by atoms with Crippen LogP contribution in [0, 0.1) is 0 Å². The number of thioether (sulfide) groups is 1. The number of carboxylic acid groups (broad SMARTS) is 2. The normalized spacial score (nSPS) is 14.1. The summed E-state index contributed by atoms with van der Waals surface area (Å²) in [5.74, 6) is -3.97. The summed E-state index contributed by atoms with van der Waals surface area (Å²) >= 11 is 1.43. The van der Waals surface area contributed by atoms with E-state index in [1.54, 1.807) is 18.4 Å². The number of aliphatic carboxylic acids is 2. The highest BCUT2D eigenvalue weighted by Crippen LogP contribution is 2.12. The summed E-state index contributed by atoms with van der Waals surface area (Å²) in [5.41, 5.74) is 6.32. The molecule has 1 rings (SSSR count). The largest absolute Gasteiger partial charge is 0.508 e. The molecule has 4 unspecified atom stereocenters. The molecule has 0 saturated carbocycles. The van der Waals surface area contributed by atoms with Crippen LogP contribution in [-0.2, 0) is 30.4 Å². The Morgan fingerprint density at radius 1 is 0.914 bits per heavy atom. The number of nitrogens with two attached hydrogens (primary N) is 1. The third-order valence-corrected chi connectivity index (χ3v) is 5.64. The molecule has 0 fully saturated rings. The van der Waals surface area contributed by atoms with Gasteiger partial charge in [0.1, 0.15) is 23.9 Å². The van der Waals surface area contributed by atoms with Crippen molar-refractivity contribution in [3.63, 3.8) is 0 Å². The zero-order valence-corrected chi connectivity index (χ0v) is 20.3. The van der Waals surface area contributed by atoms with Gasteiger partial charge in [-0.1, -0.05) is 12.1 Å². The highest BCUT2D eigenvalue weighted by atomic mass is 32.2. The number of phenolic OH excluding ortho intramolecular Hbond substituents is 1. The first kappa shape index (κ1) is 29.7. The predicted molar refractivity (Wildman–Crippen MR) is 129 cm³/mol. The zero-order valence-electron chi connectivity index (χ0n) is 19.5. The summed E-state index contributed by atoms with van der Waals surface area (Å²) in [7, 11) is 0. The van der Waals surface area contributed by atoms with Crippen LogP contribution in [0.2, 0.25) is 0 Å². The van der Waals surface area contributed by atoms with Gasteiger partial charge in [0.25, 0.3) is 0 Å². The van der Waals surface area contributed by atoms with Crippen molar-refractivity contribution in [3.05, 3.63) is 29.8 Å². The molecule has 3 amide bonds. The zero-order chi connectivity index (χ0) is 26.5. The molecule has 0 aliphatic carbocycles. The maximum atomic E-state index is 12.9. The number of hydrogen-bond donors (Lipinski definition) is 7. The Balaban J connectivity index is 2.91. The van der Waals surface area contributed by atoms with Crippen molar-refractivity contribution in [3.8, 4) is 5.75 Å². The van der Waals surface area contributed by atoms with Gasteiger partial charge in [0.05, 0.1) is 6.04 Å². The SMILES string of the molecule is CSCCC(NC(=O)C(C)NC(=O)C(Cc1ccc(O)cc1)NC(=O)C(N)CCC(=O)O)C(=O)O. The third kappa shape index (κ3) is 11.1. The molecule has 0 bridgehead atoms. The summed E-state index contributed by atoms with van der Waals surface area (Å²) in [6, 6.07) is 1.33. The van der Waals surface area contributed by atoms with E-state index in [-0.39, 0.29) is 31.4 Å². The highest BCUT2D eigenvalue weighted by molar-refractivity contribution is 7.98. The summed E-state index contributed by atoms with van der Waals surface area (Å²) < 4.78 is 0. The lowest BCUT2D eigenvalue weighted by atomic mass is 10.0. The Bertz CT molecular complexity index is 896. The maximum Gasteiger partial charge on any atom is 0.326 e. The molecule has 12 nitrogen and oxygen atoms in total. The van der Waals surface area contributed by atoms with Crippen molar-refractivity contribution in [2.75, 3.05) is 12.0 Å². The first-order chi connectivity index (χ1) is 16.4. The van der Waals surface area contributed by atoms with Gasteiger partial charge >= 0.3 is 11.9 Å². The second kappa shape index (κ2) is 14.8. The number of rotatable bonds is 15. The topological polar surface area (TPSA) is 208 Å². The van der Waals surface area contributed by atoms with Crippen molar-refractivity contribution in [1.29, 1.82) is 0 Å². The maximum absolute atomic E-state index is 12.9. The van der Waals surface area contributed by atoms with Crippen LogP contribution >= 0.6 is 11.8 Å². The molecule has 0 aliphatic heterocycles. The highest BCUT2D eigenvalue weighted by Gasteiger charge is 2.28. The predicted octanol–water partition coefficient (Wildman–Crippen LogP) is -0.561. The van der Waals surface area contributed by atoms with E-state index in [2.05, 4.69) is 16.0 Å². The quantitative estimate of drug-likeness (QED) is 0.159. The van der Waals surface area contributed by atoms with Crippen LogP contribution in [0.3, 0.4) is 0 Å². The van der Waals surface area contributed by atoms with Gasteiger partial charge in [-0.2, -0.15) is 11.8 Å². The second-order valence-corrected chi connectivity index (χ2v) is 8.87. The van der Waals surface area contributed by atoms with Crippen LogP contribution in [0.25, 0.3) is 0 Å². The van der Waals surface area contributed by atoms with E-state index >= 15 is 0 Å². The molecule has 194 valence electrons. The summed E-state index contributed by atoms with van der Waals surface area (Å²) in [6.07, 6.45) is 1.53. The molecule has 35 heavy (non-hydrogen) atoms. The average molecular weight is 513 g/mol. The van der Waals surface area contributed by atoms with Gasteiger partial charge in [0.2, 0.25) is 17.7 Å². The van der Waals surface area contributed by atoms with E-state index in [4.69, 9.17) is 10.8 Å². The summed E-state index contributed by atoms with van der Waals surface area (Å²) in [6.45, 7) is 1.37. The molecule has 0 aromatic heterocycles. The second-order valence-electron chi connectivity index (χ2n) is 7.88. The monoisotopic (exact) mass is 512 g/mol. The number of aromatic hydroxyl groups is 1. The molecule has 0 heterocycles. The number of nitrogens with one attached hydrogen (secondary N) is 3. The van der Waals surface area contributed by atoms with E-state index in [0.717, 1.165) is 0 Å². The van der Waals surface area contributed by atoms with Crippen molar-refractivity contribution < 1.29 is 39.3 Å². The van der Waals surface area contributed by atoms with Crippen molar-refractivity contribution in [2.45, 2.75) is 56.8 Å². The first-order valence-electron chi connectivity index (χ1n) is 10.8. The molecule has 0 saturated heterocycles. The van der Waals surface area contributed by atoms with Crippen molar-refractivity contribution in [2.24, 2.45) is 5.73 Å². The van der Waals surface area contributed by atoms with Gasteiger partial charge in [-0.05, 0) is 49.5 Å². The standard InChI is InChI=1S/C22H32N4O8S/c1-12(19(30)25-16(22(33)34)9-10-35-2)24-21(32)17(11-13-3-5-14(27)6-4-13)26-20(31)15(23)7-8-18(28)29/h3-6,12,15-17,27H,7-11,23H2,1-2H3,(H,24,32)(H,25,30)(H,26,31)(H,28,29)(H,33,34). The number of hydrogen-bond acceptors (Lipinski definition) is 8. The van der Waals surface area contributed by atoms with Gasteiger partial charge in [0.15, 0.2) is 0 Å². The molecule has 0 spiro atoms. The number of carbonyl (C=O) groups excluding carboxylic acids is 3. The van der Waals surface area contributed by atoms with E-state index in [1.807, 2.05) is 0 Å². The lowest BCUT2D eigenvalue weighted by Gasteiger charge is -2.23. The molecule has 13 heteroatoms. The molecule has 8 N–H and O–H groups in total. The molecule has 1 aromatic rings.